The van der Waals surface area contributed by atoms with Crippen molar-refractivity contribution in [2.45, 2.75) is 18.8 Å². The summed E-state index contributed by atoms with van der Waals surface area (Å²) >= 11 is 0. The van der Waals surface area contributed by atoms with Crippen LogP contribution >= 0.6 is 0 Å². The zero-order valence-corrected chi connectivity index (χ0v) is 10.4. The van der Waals surface area contributed by atoms with Gasteiger partial charge in [-0.05, 0) is 42.5 Å². The Kier molecular flexibility index (Phi) is 3.02. The van der Waals surface area contributed by atoms with E-state index in [1.807, 2.05) is 0 Å². The maximum Gasteiger partial charge on any atom is 0.132 e. The molecule has 1 aliphatic carbocycles. The molecule has 2 fully saturated rings. The monoisotopic (exact) mass is 262 g/mol. The molecule has 0 aromatic heterocycles. The molecule has 6 heteroatoms. The van der Waals surface area contributed by atoms with Crippen LogP contribution in [-0.2, 0) is 4.74 Å². The van der Waals surface area contributed by atoms with E-state index in [4.69, 9.17) is 15.7 Å². The van der Waals surface area contributed by atoms with Crippen LogP contribution in [-0.4, -0.2) is 19.0 Å². The van der Waals surface area contributed by atoms with Gasteiger partial charge in [0.15, 0.2) is 0 Å². The number of benzene rings is 1. The van der Waals surface area contributed by atoms with E-state index in [1.54, 1.807) is 6.07 Å². The number of amidine groups is 1. The molecular formula is C13H15FN4O. The second kappa shape index (κ2) is 4.70. The molecule has 100 valence electrons. The van der Waals surface area contributed by atoms with Crippen molar-refractivity contribution >= 4 is 11.5 Å². The van der Waals surface area contributed by atoms with Crippen LogP contribution in [0.1, 0.15) is 24.3 Å². The molecule has 0 atom stereocenters. The molecule has 3 rings (SSSR count). The Morgan fingerprint density at radius 3 is 2.63 bits per heavy atom. The highest BCUT2D eigenvalue weighted by Crippen LogP contribution is 2.45. The minimum absolute atomic E-state index is 0.0220. The number of nitrogens with zero attached hydrogens (tertiary/aromatic N) is 2. The predicted octanol–water partition coefficient (Wildman–Crippen LogP) is 3.08. The van der Waals surface area contributed by atoms with Crippen molar-refractivity contribution < 1.29 is 9.13 Å². The Morgan fingerprint density at radius 1 is 1.37 bits per heavy atom. The molecule has 5 nitrogen and oxygen atoms in total. The van der Waals surface area contributed by atoms with Crippen LogP contribution < -0.4 is 5.01 Å². The molecule has 1 saturated carbocycles. The number of nitrogens with one attached hydrogen (secondary N) is 2. The second-order valence-electron chi connectivity index (χ2n) is 5.01. The average Bonchev–Trinajstić information content (AvgIpc) is 3.13. The molecule has 0 amide bonds. The molecule has 1 aromatic rings. The van der Waals surface area contributed by atoms with E-state index < -0.39 is 0 Å². The molecule has 0 bridgehead atoms. The van der Waals surface area contributed by atoms with Crippen LogP contribution in [0.25, 0.3) is 0 Å². The molecule has 1 aliphatic heterocycles. The third-order valence-electron chi connectivity index (χ3n) is 3.59. The van der Waals surface area contributed by atoms with E-state index in [0.717, 1.165) is 18.4 Å². The summed E-state index contributed by atoms with van der Waals surface area (Å²) in [6.07, 6.45) is 2.06. The lowest BCUT2D eigenvalue weighted by atomic mass is 10.0. The van der Waals surface area contributed by atoms with Crippen LogP contribution in [0.4, 0.5) is 10.1 Å². The topological polar surface area (TPSA) is 72.5 Å². The van der Waals surface area contributed by atoms with Crippen LogP contribution in [0.3, 0.4) is 0 Å². The van der Waals surface area contributed by atoms with E-state index in [2.05, 4.69) is 5.22 Å². The van der Waals surface area contributed by atoms with Gasteiger partial charge in [-0.15, -0.1) is 0 Å². The summed E-state index contributed by atoms with van der Waals surface area (Å²) in [4.78, 5) is 0. The van der Waals surface area contributed by atoms with Crippen LogP contribution in [0, 0.1) is 22.7 Å². The second-order valence-corrected chi connectivity index (χ2v) is 5.01. The summed E-state index contributed by atoms with van der Waals surface area (Å²) in [6.45, 7) is 0.982. The summed E-state index contributed by atoms with van der Waals surface area (Å²) < 4.78 is 18.4. The first-order chi connectivity index (χ1) is 9.20. The van der Waals surface area contributed by atoms with Crippen LogP contribution in [0.5, 0.6) is 0 Å². The maximum absolute atomic E-state index is 13.4. The third-order valence-corrected chi connectivity index (χ3v) is 3.59. The largest absolute Gasteiger partial charge is 0.380 e. The number of anilines is 1. The maximum atomic E-state index is 13.4. The summed E-state index contributed by atoms with van der Waals surface area (Å²) in [5, 5.41) is 12.8. The molecule has 1 heterocycles. The van der Waals surface area contributed by atoms with Gasteiger partial charge in [0.05, 0.1) is 24.8 Å². The smallest absolute Gasteiger partial charge is 0.132 e. The van der Waals surface area contributed by atoms with E-state index in [1.165, 1.54) is 17.1 Å². The van der Waals surface area contributed by atoms with Crippen molar-refractivity contribution in [1.82, 2.24) is 0 Å². The number of rotatable bonds is 4. The fourth-order valence-electron chi connectivity index (χ4n) is 2.24. The zero-order valence-electron chi connectivity index (χ0n) is 10.4. The van der Waals surface area contributed by atoms with Crippen molar-refractivity contribution in [3.8, 4) is 0 Å². The highest BCUT2D eigenvalue weighted by molar-refractivity contribution is 5.97. The number of ether oxygens (including phenoxy) is 1. The lowest BCUT2D eigenvalue weighted by molar-refractivity contribution is 0.000719. The van der Waals surface area contributed by atoms with Gasteiger partial charge in [0, 0.05) is 0 Å². The molecular weight excluding hydrogens is 247 g/mol. The zero-order chi connectivity index (χ0) is 13.4. The molecule has 1 aromatic carbocycles. The molecule has 0 unspecified atom stereocenters. The summed E-state index contributed by atoms with van der Waals surface area (Å²) in [5.41, 5.74) is 8.80. The van der Waals surface area contributed by atoms with Gasteiger partial charge in [0.25, 0.3) is 0 Å². The normalized spacial score (nSPS) is 18.8. The molecule has 1 saturated heterocycles. The summed E-state index contributed by atoms with van der Waals surface area (Å²) in [7, 11) is 0. The first-order valence-corrected chi connectivity index (χ1v) is 6.34. The number of halogens is 1. The minimum Gasteiger partial charge on any atom is -0.380 e. The predicted molar refractivity (Wildman–Crippen MR) is 68.0 cm³/mol. The average molecular weight is 262 g/mol. The molecule has 0 spiro atoms. The van der Waals surface area contributed by atoms with Gasteiger partial charge < -0.3 is 4.74 Å². The Labute approximate surface area is 110 Å². The SMILES string of the molecule is N=NN(C(=N)C1COC1)c1ccc(F)cc1C1CC1. The van der Waals surface area contributed by atoms with E-state index in [-0.39, 0.29) is 17.6 Å². The lowest BCUT2D eigenvalue weighted by Crippen LogP contribution is -2.42. The summed E-state index contributed by atoms with van der Waals surface area (Å²) in [6, 6.07) is 4.45. The Bertz CT molecular complexity index is 525. The van der Waals surface area contributed by atoms with Crippen molar-refractivity contribution in [2.75, 3.05) is 18.2 Å². The Morgan fingerprint density at radius 2 is 2.11 bits per heavy atom. The molecule has 19 heavy (non-hydrogen) atoms. The fraction of sp³-hybridized carbons (Fsp3) is 0.462. The first kappa shape index (κ1) is 12.2. The Balaban J connectivity index is 1.93. The molecule has 2 N–H and O–H groups in total. The molecule has 2 aliphatic rings. The van der Waals surface area contributed by atoms with Gasteiger partial charge in [-0.25, -0.2) is 9.40 Å². The highest BCUT2D eigenvalue weighted by Gasteiger charge is 2.33. The quantitative estimate of drug-likeness (QED) is 0.379. The van der Waals surface area contributed by atoms with Crippen molar-refractivity contribution in [2.24, 2.45) is 11.1 Å². The Hall–Kier alpha value is -1.82. The first-order valence-electron chi connectivity index (χ1n) is 6.34. The van der Waals surface area contributed by atoms with E-state index in [0.29, 0.717) is 24.8 Å². The van der Waals surface area contributed by atoms with Crippen molar-refractivity contribution in [1.29, 1.82) is 10.9 Å². The molecule has 0 radical (unpaired) electrons. The van der Waals surface area contributed by atoms with Crippen molar-refractivity contribution in [3.05, 3.63) is 29.6 Å². The van der Waals surface area contributed by atoms with Gasteiger partial charge >= 0.3 is 0 Å². The third kappa shape index (κ3) is 2.23. The lowest BCUT2D eigenvalue weighted by Gasteiger charge is -2.31. The van der Waals surface area contributed by atoms with Crippen LogP contribution in [0.2, 0.25) is 0 Å². The van der Waals surface area contributed by atoms with Gasteiger partial charge in [-0.2, -0.15) is 5.53 Å². The van der Waals surface area contributed by atoms with Gasteiger partial charge in [0.2, 0.25) is 0 Å². The fourth-order valence-corrected chi connectivity index (χ4v) is 2.24. The highest BCUT2D eigenvalue weighted by atomic mass is 19.1. The number of hydrogen-bond donors (Lipinski definition) is 2. The van der Waals surface area contributed by atoms with Crippen LogP contribution in [0.15, 0.2) is 23.4 Å². The standard InChI is InChI=1S/C13H15FN4O/c14-10-3-4-12(11(5-10)8-1-2-8)18(17-16)13(15)9-6-19-7-9/h3-5,8-9,15-16H,1-2,6-7H2. The van der Waals surface area contributed by atoms with Gasteiger partial charge in [-0.1, -0.05) is 5.22 Å². The van der Waals surface area contributed by atoms with E-state index in [9.17, 15) is 4.39 Å². The van der Waals surface area contributed by atoms with Gasteiger partial charge in [-0.3, -0.25) is 5.41 Å². The van der Waals surface area contributed by atoms with E-state index >= 15 is 0 Å². The summed E-state index contributed by atoms with van der Waals surface area (Å²) in [5.74, 6) is 0.274. The van der Waals surface area contributed by atoms with Gasteiger partial charge in [0.1, 0.15) is 11.7 Å². The van der Waals surface area contributed by atoms with Crippen molar-refractivity contribution in [3.63, 3.8) is 0 Å². The number of hydrogen-bond acceptors (Lipinski definition) is 4. The minimum atomic E-state index is -0.283.